The molecule has 0 fully saturated rings. The van der Waals surface area contributed by atoms with Gasteiger partial charge in [0.15, 0.2) is 0 Å². The molecule has 0 aliphatic carbocycles. The highest BCUT2D eigenvalue weighted by Crippen LogP contribution is 2.36. The fraction of sp³-hybridized carbons (Fsp3) is 0.455. The topological polar surface area (TPSA) is 9.23 Å². The maximum absolute atomic E-state index is 5.88. The summed E-state index contributed by atoms with van der Waals surface area (Å²) in [5, 5.41) is 0. The van der Waals surface area contributed by atoms with Crippen LogP contribution in [-0.4, -0.2) is 6.61 Å². The van der Waals surface area contributed by atoms with E-state index in [0.29, 0.717) is 5.41 Å². The molecule has 0 bridgehead atoms. The van der Waals surface area contributed by atoms with Gasteiger partial charge in [0, 0.05) is 6.42 Å². The first kappa shape index (κ1) is 17.6. The Morgan fingerprint density at radius 1 is 0.783 bits per heavy atom. The van der Waals surface area contributed by atoms with Crippen LogP contribution in [0.25, 0.3) is 0 Å². The van der Waals surface area contributed by atoms with Crippen molar-refractivity contribution in [3.8, 4) is 5.75 Å². The SMILES string of the molecule is CC(C)(C)CC(C)(C)c1ccc(OCCc2ccccc2)cc1. The smallest absolute Gasteiger partial charge is 0.119 e. The van der Waals surface area contributed by atoms with Gasteiger partial charge in [-0.25, -0.2) is 0 Å². The lowest BCUT2D eigenvalue weighted by atomic mass is 9.72. The second-order valence-electron chi connectivity index (χ2n) is 8.23. The molecule has 2 aromatic carbocycles. The zero-order chi connectivity index (χ0) is 16.9. The van der Waals surface area contributed by atoms with Crippen LogP contribution in [0.2, 0.25) is 0 Å². The van der Waals surface area contributed by atoms with Crippen LogP contribution in [0.15, 0.2) is 54.6 Å². The van der Waals surface area contributed by atoms with Crippen LogP contribution in [0.1, 0.15) is 52.2 Å². The van der Waals surface area contributed by atoms with Gasteiger partial charge in [-0.2, -0.15) is 0 Å². The summed E-state index contributed by atoms with van der Waals surface area (Å²) in [5.74, 6) is 0.955. The molecule has 2 aromatic rings. The predicted octanol–water partition coefficient (Wildman–Crippen LogP) is 6.02. The van der Waals surface area contributed by atoms with Gasteiger partial charge in [0.05, 0.1) is 6.61 Å². The van der Waals surface area contributed by atoms with Crippen LogP contribution < -0.4 is 4.74 Å². The van der Waals surface area contributed by atoms with Crippen LogP contribution >= 0.6 is 0 Å². The number of hydrogen-bond acceptors (Lipinski definition) is 1. The van der Waals surface area contributed by atoms with E-state index < -0.39 is 0 Å². The van der Waals surface area contributed by atoms with Gasteiger partial charge < -0.3 is 4.74 Å². The standard InChI is InChI=1S/C22H30O/c1-21(2,3)17-22(4,5)19-11-13-20(14-12-19)23-16-15-18-9-7-6-8-10-18/h6-14H,15-17H2,1-5H3. The Labute approximate surface area is 141 Å². The largest absolute Gasteiger partial charge is 0.493 e. The summed E-state index contributed by atoms with van der Waals surface area (Å²) < 4.78 is 5.88. The molecule has 0 N–H and O–H groups in total. The Balaban J connectivity index is 1.91. The lowest BCUT2D eigenvalue weighted by Crippen LogP contribution is -2.24. The minimum Gasteiger partial charge on any atom is -0.493 e. The Morgan fingerprint density at radius 2 is 1.39 bits per heavy atom. The summed E-state index contributed by atoms with van der Waals surface area (Å²) in [5.41, 5.74) is 3.20. The van der Waals surface area contributed by atoms with E-state index in [4.69, 9.17) is 4.74 Å². The molecule has 0 aliphatic rings. The normalized spacial score (nSPS) is 12.2. The van der Waals surface area contributed by atoms with Gasteiger partial charge >= 0.3 is 0 Å². The second kappa shape index (κ2) is 7.21. The van der Waals surface area contributed by atoms with Gasteiger partial charge in [0.25, 0.3) is 0 Å². The lowest BCUT2D eigenvalue weighted by molar-refractivity contribution is 0.283. The fourth-order valence-corrected chi connectivity index (χ4v) is 3.36. The summed E-state index contributed by atoms with van der Waals surface area (Å²) in [7, 11) is 0. The van der Waals surface area contributed by atoms with Crippen molar-refractivity contribution in [2.45, 2.75) is 52.9 Å². The van der Waals surface area contributed by atoms with E-state index in [9.17, 15) is 0 Å². The van der Waals surface area contributed by atoms with E-state index in [0.717, 1.165) is 25.2 Å². The highest BCUT2D eigenvalue weighted by molar-refractivity contribution is 5.32. The van der Waals surface area contributed by atoms with Crippen molar-refractivity contribution in [2.75, 3.05) is 6.61 Å². The minimum atomic E-state index is 0.181. The first-order chi connectivity index (χ1) is 10.8. The van der Waals surface area contributed by atoms with Gasteiger partial charge in [-0.15, -0.1) is 0 Å². The Hall–Kier alpha value is -1.76. The fourth-order valence-electron chi connectivity index (χ4n) is 3.36. The summed E-state index contributed by atoms with van der Waals surface area (Å²) in [6.45, 7) is 12.3. The molecule has 0 radical (unpaired) electrons. The highest BCUT2D eigenvalue weighted by atomic mass is 16.5. The summed E-state index contributed by atoms with van der Waals surface area (Å²) in [4.78, 5) is 0. The molecule has 1 heteroatoms. The molecule has 0 unspecified atom stereocenters. The zero-order valence-corrected chi connectivity index (χ0v) is 15.2. The first-order valence-electron chi connectivity index (χ1n) is 8.54. The maximum Gasteiger partial charge on any atom is 0.119 e. The van der Waals surface area contributed by atoms with Crippen molar-refractivity contribution in [1.82, 2.24) is 0 Å². The molecule has 0 saturated carbocycles. The van der Waals surface area contributed by atoms with E-state index in [1.165, 1.54) is 11.1 Å². The number of hydrogen-bond donors (Lipinski definition) is 0. The molecule has 0 saturated heterocycles. The molecule has 0 heterocycles. The molecular weight excluding hydrogens is 280 g/mol. The van der Waals surface area contributed by atoms with Gasteiger partial charge in [0.1, 0.15) is 5.75 Å². The van der Waals surface area contributed by atoms with E-state index in [-0.39, 0.29) is 5.41 Å². The van der Waals surface area contributed by atoms with E-state index in [2.05, 4.69) is 83.1 Å². The number of rotatable bonds is 6. The average Bonchev–Trinajstić information content (AvgIpc) is 2.46. The van der Waals surface area contributed by atoms with E-state index in [1.807, 2.05) is 6.07 Å². The van der Waals surface area contributed by atoms with Crippen LogP contribution in [0.4, 0.5) is 0 Å². The molecule has 0 spiro atoms. The molecule has 23 heavy (non-hydrogen) atoms. The third-order valence-electron chi connectivity index (χ3n) is 4.11. The molecule has 0 aliphatic heterocycles. The van der Waals surface area contributed by atoms with Gasteiger partial charge in [-0.3, -0.25) is 0 Å². The van der Waals surface area contributed by atoms with Crippen molar-refractivity contribution in [3.63, 3.8) is 0 Å². The molecule has 1 nitrogen and oxygen atoms in total. The van der Waals surface area contributed by atoms with Crippen molar-refractivity contribution in [2.24, 2.45) is 5.41 Å². The zero-order valence-electron chi connectivity index (χ0n) is 15.2. The van der Waals surface area contributed by atoms with Crippen molar-refractivity contribution in [3.05, 3.63) is 65.7 Å². The Kier molecular flexibility index (Phi) is 5.51. The number of ether oxygens (including phenoxy) is 1. The van der Waals surface area contributed by atoms with Crippen LogP contribution in [0.5, 0.6) is 5.75 Å². The molecule has 0 atom stereocenters. The third kappa shape index (κ3) is 5.74. The first-order valence-corrected chi connectivity index (χ1v) is 8.54. The van der Waals surface area contributed by atoms with Crippen molar-refractivity contribution >= 4 is 0 Å². The molecule has 2 rings (SSSR count). The lowest BCUT2D eigenvalue weighted by Gasteiger charge is -2.33. The number of benzene rings is 2. The summed E-state index contributed by atoms with van der Waals surface area (Å²) in [6, 6.07) is 19.1. The van der Waals surface area contributed by atoms with E-state index >= 15 is 0 Å². The average molecular weight is 310 g/mol. The second-order valence-corrected chi connectivity index (χ2v) is 8.23. The molecule has 0 amide bonds. The van der Waals surface area contributed by atoms with Gasteiger partial charge in [0.2, 0.25) is 0 Å². The van der Waals surface area contributed by atoms with Crippen LogP contribution in [0.3, 0.4) is 0 Å². The van der Waals surface area contributed by atoms with Gasteiger partial charge in [-0.1, -0.05) is 77.1 Å². The summed E-state index contributed by atoms with van der Waals surface area (Å²) in [6.07, 6.45) is 2.10. The summed E-state index contributed by atoms with van der Waals surface area (Å²) >= 11 is 0. The van der Waals surface area contributed by atoms with Crippen LogP contribution in [0, 0.1) is 5.41 Å². The molecule has 0 aromatic heterocycles. The van der Waals surface area contributed by atoms with E-state index in [1.54, 1.807) is 0 Å². The predicted molar refractivity (Wildman–Crippen MR) is 99.2 cm³/mol. The maximum atomic E-state index is 5.88. The van der Waals surface area contributed by atoms with Crippen molar-refractivity contribution in [1.29, 1.82) is 0 Å². The van der Waals surface area contributed by atoms with Crippen molar-refractivity contribution < 1.29 is 4.74 Å². The third-order valence-corrected chi connectivity index (χ3v) is 4.11. The van der Waals surface area contributed by atoms with Crippen LogP contribution in [-0.2, 0) is 11.8 Å². The molecular formula is C22H30O. The Morgan fingerprint density at radius 3 is 1.96 bits per heavy atom. The minimum absolute atomic E-state index is 0.181. The highest BCUT2D eigenvalue weighted by Gasteiger charge is 2.27. The Bertz CT molecular complexity index is 588. The quantitative estimate of drug-likeness (QED) is 0.633. The van der Waals surface area contributed by atoms with Gasteiger partial charge in [-0.05, 0) is 40.5 Å². The molecule has 124 valence electrons. The monoisotopic (exact) mass is 310 g/mol.